The molecule has 0 aliphatic carbocycles. The molecule has 4 heteroatoms. The minimum Gasteiger partial charge on any atom is -0.399 e. The van der Waals surface area contributed by atoms with Crippen molar-refractivity contribution in [3.63, 3.8) is 0 Å². The summed E-state index contributed by atoms with van der Waals surface area (Å²) in [6.45, 7) is 4.00. The Morgan fingerprint density at radius 3 is 2.31 bits per heavy atom. The summed E-state index contributed by atoms with van der Waals surface area (Å²) in [5.41, 5.74) is 8.77. The second-order valence-electron chi connectivity index (χ2n) is 3.72. The lowest BCUT2D eigenvalue weighted by atomic mass is 10.2. The van der Waals surface area contributed by atoms with Crippen LogP contribution in [0.15, 0.2) is 40.6 Å². The van der Waals surface area contributed by atoms with Crippen molar-refractivity contribution in [2.24, 2.45) is 0 Å². The van der Waals surface area contributed by atoms with E-state index in [0.29, 0.717) is 0 Å². The van der Waals surface area contributed by atoms with Crippen LogP contribution < -0.4 is 5.73 Å². The lowest BCUT2D eigenvalue weighted by molar-refractivity contribution is 0.950. The molecule has 0 aliphatic rings. The summed E-state index contributed by atoms with van der Waals surface area (Å²) in [5.74, 6) is 0. The van der Waals surface area contributed by atoms with Crippen molar-refractivity contribution in [1.29, 1.82) is 0 Å². The molecule has 1 aromatic heterocycles. The number of aryl methyl sites for hydroxylation is 2. The molecule has 2 aromatic rings. The van der Waals surface area contributed by atoms with E-state index in [1.165, 1.54) is 11.8 Å². The molecular formula is C12H13N3S. The number of nitrogens with two attached hydrogens (primary N) is 1. The predicted molar refractivity (Wildman–Crippen MR) is 66.5 cm³/mol. The standard InChI is InChI=1S/C12H13N3S/c1-8-3-10(13)5-11(4-8)16-12-14-6-9(2)7-15-12/h3-7H,13H2,1-2H3. The summed E-state index contributed by atoms with van der Waals surface area (Å²) in [4.78, 5) is 9.56. The van der Waals surface area contributed by atoms with Gasteiger partial charge < -0.3 is 5.73 Å². The largest absolute Gasteiger partial charge is 0.399 e. The molecule has 0 fully saturated rings. The minimum absolute atomic E-state index is 0.746. The van der Waals surface area contributed by atoms with Crippen LogP contribution in [0, 0.1) is 13.8 Å². The average Bonchev–Trinajstić information content (AvgIpc) is 2.20. The third-order valence-electron chi connectivity index (χ3n) is 2.04. The molecule has 82 valence electrons. The molecule has 0 saturated carbocycles. The van der Waals surface area contributed by atoms with E-state index in [4.69, 9.17) is 5.73 Å². The Balaban J connectivity index is 2.23. The monoisotopic (exact) mass is 231 g/mol. The van der Waals surface area contributed by atoms with E-state index in [2.05, 4.69) is 16.0 Å². The molecule has 0 saturated heterocycles. The quantitative estimate of drug-likeness (QED) is 0.638. The van der Waals surface area contributed by atoms with Gasteiger partial charge in [-0.15, -0.1) is 0 Å². The van der Waals surface area contributed by atoms with Gasteiger partial charge in [0.1, 0.15) is 0 Å². The van der Waals surface area contributed by atoms with Crippen molar-refractivity contribution in [2.75, 3.05) is 5.73 Å². The number of benzene rings is 1. The molecule has 1 heterocycles. The van der Waals surface area contributed by atoms with Gasteiger partial charge in [0.25, 0.3) is 0 Å². The fourth-order valence-electron chi connectivity index (χ4n) is 1.37. The summed E-state index contributed by atoms with van der Waals surface area (Å²) < 4.78 is 0. The Morgan fingerprint density at radius 2 is 1.69 bits per heavy atom. The van der Waals surface area contributed by atoms with Gasteiger partial charge in [-0.1, -0.05) is 0 Å². The van der Waals surface area contributed by atoms with E-state index in [1.54, 1.807) is 0 Å². The van der Waals surface area contributed by atoms with E-state index in [-0.39, 0.29) is 0 Å². The van der Waals surface area contributed by atoms with Gasteiger partial charge in [-0.25, -0.2) is 9.97 Å². The van der Waals surface area contributed by atoms with Gasteiger partial charge in [0, 0.05) is 23.0 Å². The van der Waals surface area contributed by atoms with E-state index in [1.807, 2.05) is 38.4 Å². The number of nitrogen functional groups attached to an aromatic ring is 1. The molecule has 2 N–H and O–H groups in total. The van der Waals surface area contributed by atoms with Crippen molar-refractivity contribution >= 4 is 17.4 Å². The zero-order valence-corrected chi connectivity index (χ0v) is 10.1. The number of anilines is 1. The number of hydrogen-bond donors (Lipinski definition) is 1. The molecule has 2 rings (SSSR count). The van der Waals surface area contributed by atoms with Crippen LogP contribution >= 0.6 is 11.8 Å². The molecular weight excluding hydrogens is 218 g/mol. The highest BCUT2D eigenvalue weighted by molar-refractivity contribution is 7.99. The normalized spacial score (nSPS) is 10.4. The molecule has 0 bridgehead atoms. The van der Waals surface area contributed by atoms with Crippen LogP contribution in [0.5, 0.6) is 0 Å². The lowest BCUT2D eigenvalue weighted by Crippen LogP contribution is -1.89. The third-order valence-corrected chi connectivity index (χ3v) is 2.90. The zero-order chi connectivity index (χ0) is 11.5. The van der Waals surface area contributed by atoms with Crippen LogP contribution in [0.1, 0.15) is 11.1 Å². The van der Waals surface area contributed by atoms with Crippen molar-refractivity contribution < 1.29 is 0 Å². The smallest absolute Gasteiger partial charge is 0.192 e. The van der Waals surface area contributed by atoms with Crippen molar-refractivity contribution in [1.82, 2.24) is 9.97 Å². The average molecular weight is 231 g/mol. The first-order valence-corrected chi connectivity index (χ1v) is 5.79. The highest BCUT2D eigenvalue weighted by Crippen LogP contribution is 2.26. The molecule has 1 aromatic carbocycles. The maximum atomic E-state index is 5.78. The molecule has 0 amide bonds. The first-order valence-electron chi connectivity index (χ1n) is 4.97. The Hall–Kier alpha value is -1.55. The van der Waals surface area contributed by atoms with E-state index >= 15 is 0 Å². The van der Waals surface area contributed by atoms with Crippen molar-refractivity contribution in [3.05, 3.63) is 41.7 Å². The lowest BCUT2D eigenvalue weighted by Gasteiger charge is -2.03. The Morgan fingerprint density at radius 1 is 1.00 bits per heavy atom. The van der Waals surface area contributed by atoms with Gasteiger partial charge in [0.15, 0.2) is 5.16 Å². The van der Waals surface area contributed by atoms with Crippen LogP contribution in [0.3, 0.4) is 0 Å². The fourth-order valence-corrected chi connectivity index (χ4v) is 2.24. The van der Waals surface area contributed by atoms with Crippen LogP contribution in [0.2, 0.25) is 0 Å². The highest BCUT2D eigenvalue weighted by Gasteiger charge is 2.01. The van der Waals surface area contributed by atoms with Gasteiger partial charge in [-0.2, -0.15) is 0 Å². The molecule has 16 heavy (non-hydrogen) atoms. The fraction of sp³-hybridized carbons (Fsp3) is 0.167. The second kappa shape index (κ2) is 4.53. The third kappa shape index (κ3) is 2.73. The number of nitrogens with zero attached hydrogens (tertiary/aromatic N) is 2. The summed E-state index contributed by atoms with van der Waals surface area (Å²) in [5, 5.41) is 0.746. The van der Waals surface area contributed by atoms with Gasteiger partial charge in [-0.3, -0.25) is 0 Å². The maximum Gasteiger partial charge on any atom is 0.192 e. The van der Waals surface area contributed by atoms with Gasteiger partial charge in [0.05, 0.1) is 0 Å². The first-order chi connectivity index (χ1) is 7.63. The number of hydrogen-bond acceptors (Lipinski definition) is 4. The Kier molecular flexibility index (Phi) is 3.10. The Labute approximate surface area is 99.1 Å². The first kappa shape index (κ1) is 11.0. The molecule has 0 spiro atoms. The van der Waals surface area contributed by atoms with Crippen LogP contribution in [-0.4, -0.2) is 9.97 Å². The summed E-state index contributed by atoms with van der Waals surface area (Å²) in [6.07, 6.45) is 3.63. The minimum atomic E-state index is 0.746. The van der Waals surface area contributed by atoms with Gasteiger partial charge in [0.2, 0.25) is 0 Å². The summed E-state index contributed by atoms with van der Waals surface area (Å²) in [7, 11) is 0. The van der Waals surface area contributed by atoms with E-state index < -0.39 is 0 Å². The number of rotatable bonds is 2. The van der Waals surface area contributed by atoms with Gasteiger partial charge >= 0.3 is 0 Å². The van der Waals surface area contributed by atoms with Crippen LogP contribution in [0.25, 0.3) is 0 Å². The molecule has 3 nitrogen and oxygen atoms in total. The Bertz CT molecular complexity index is 474. The zero-order valence-electron chi connectivity index (χ0n) is 9.27. The molecule has 0 aliphatic heterocycles. The SMILES string of the molecule is Cc1cnc(Sc2cc(C)cc(N)c2)nc1. The second-order valence-corrected chi connectivity index (χ2v) is 4.77. The molecule has 0 atom stereocenters. The highest BCUT2D eigenvalue weighted by atomic mass is 32.2. The van der Waals surface area contributed by atoms with Gasteiger partial charge in [-0.05, 0) is 54.9 Å². The number of aromatic nitrogens is 2. The van der Waals surface area contributed by atoms with Crippen molar-refractivity contribution in [3.8, 4) is 0 Å². The summed E-state index contributed by atoms with van der Waals surface area (Å²) >= 11 is 1.52. The topological polar surface area (TPSA) is 51.8 Å². The molecule has 0 unspecified atom stereocenters. The van der Waals surface area contributed by atoms with E-state index in [0.717, 1.165) is 26.9 Å². The van der Waals surface area contributed by atoms with Crippen molar-refractivity contribution in [2.45, 2.75) is 23.9 Å². The van der Waals surface area contributed by atoms with Crippen LogP contribution in [0.4, 0.5) is 5.69 Å². The predicted octanol–water partition coefficient (Wildman–Crippen LogP) is 2.83. The van der Waals surface area contributed by atoms with Crippen LogP contribution in [-0.2, 0) is 0 Å². The maximum absolute atomic E-state index is 5.78. The summed E-state index contributed by atoms with van der Waals surface area (Å²) in [6, 6.07) is 5.95. The van der Waals surface area contributed by atoms with E-state index in [9.17, 15) is 0 Å². The molecule has 0 radical (unpaired) electrons.